The summed E-state index contributed by atoms with van der Waals surface area (Å²) in [5.41, 5.74) is 22.8. The van der Waals surface area contributed by atoms with E-state index >= 15 is 0 Å². The van der Waals surface area contributed by atoms with Gasteiger partial charge in [-0.25, -0.2) is 34.9 Å². The van der Waals surface area contributed by atoms with Crippen LogP contribution in [0.4, 0.5) is 0 Å². The lowest BCUT2D eigenvalue weighted by molar-refractivity contribution is 0.766. The Morgan fingerprint density at radius 1 is 0.179 bits per heavy atom. The third-order valence-electron chi connectivity index (χ3n) is 19.2. The molecular formula is C93H59N13. The Hall–Kier alpha value is -14.7. The van der Waals surface area contributed by atoms with Gasteiger partial charge in [0.25, 0.3) is 0 Å². The summed E-state index contributed by atoms with van der Waals surface area (Å²) >= 11 is 0. The predicted octanol–water partition coefficient (Wildman–Crippen LogP) is 21.9. The molecule has 106 heavy (non-hydrogen) atoms. The van der Waals surface area contributed by atoms with Gasteiger partial charge in [0.15, 0.2) is 23.3 Å². The zero-order chi connectivity index (χ0) is 70.3. The Labute approximate surface area is 608 Å². The Bertz CT molecular complexity index is 6110. The van der Waals surface area contributed by atoms with Gasteiger partial charge in [-0.05, 0) is 101 Å². The molecule has 13 nitrogen and oxygen atoms in total. The van der Waals surface area contributed by atoms with E-state index < -0.39 is 0 Å². The minimum atomic E-state index is 0.621. The lowest BCUT2D eigenvalue weighted by Crippen LogP contribution is -2.00. The van der Waals surface area contributed by atoms with E-state index in [0.29, 0.717) is 23.3 Å². The Kier molecular flexibility index (Phi) is 15.9. The highest BCUT2D eigenvalue weighted by atomic mass is 15.5. The quantitative estimate of drug-likeness (QED) is 0.107. The van der Waals surface area contributed by atoms with E-state index in [4.69, 9.17) is 55.3 Å². The van der Waals surface area contributed by atoms with Gasteiger partial charge in [-0.15, -0.1) is 20.4 Å². The minimum absolute atomic E-state index is 0.621. The van der Waals surface area contributed by atoms with Crippen LogP contribution >= 0.6 is 0 Å². The van der Waals surface area contributed by atoms with E-state index in [1.165, 1.54) is 0 Å². The van der Waals surface area contributed by atoms with Crippen molar-refractivity contribution < 1.29 is 0 Å². The molecule has 496 valence electrons. The molecule has 0 radical (unpaired) electrons. The number of benzene rings is 14. The summed E-state index contributed by atoms with van der Waals surface area (Å²) in [6.07, 6.45) is 0. The number of hydrogen-bond donors (Lipinski definition) is 0. The van der Waals surface area contributed by atoms with Crippen LogP contribution in [0.5, 0.6) is 0 Å². The zero-order valence-corrected chi connectivity index (χ0v) is 56.9. The molecule has 20 aromatic rings. The summed E-state index contributed by atoms with van der Waals surface area (Å²) in [7, 11) is 0. The highest BCUT2D eigenvalue weighted by Crippen LogP contribution is 2.41. The lowest BCUT2D eigenvalue weighted by Gasteiger charge is -2.12. The van der Waals surface area contributed by atoms with Crippen molar-refractivity contribution in [2.24, 2.45) is 0 Å². The standard InChI is InChI=1S/C47H30N6.C46H29N7/c1-5-13-32(14-6-1)42-30-43(50-47(49-42)35-17-9-3-10-18-35)33-23-21-31(22-24-33)36-25-27-40-39(29-36)44-38(45(48-40)34-15-7-2-8-16-34)26-28-41-46(44)52-53(51-41)37-19-11-4-12-20-37;1-5-13-31(14-6-1)42-37-26-28-40-43(52-53(51-40)36-19-11-4-12-20-36)41(37)38-29-35(25-27-39(38)47-42)30-21-23-34(24-22-30)46-49-44(32-15-7-2-8-16-32)48-45(50-46)33-17-9-3-10-18-33/h1-30H;1-29H. The largest absolute Gasteiger partial charge is 0.247 e. The van der Waals surface area contributed by atoms with Crippen molar-refractivity contribution in [1.82, 2.24) is 64.9 Å². The fraction of sp³-hybridized carbons (Fsp3) is 0. The number of pyridine rings is 2. The van der Waals surface area contributed by atoms with Crippen LogP contribution in [0.2, 0.25) is 0 Å². The molecule has 6 heterocycles. The highest BCUT2D eigenvalue weighted by molar-refractivity contribution is 6.22. The Balaban J connectivity index is 0.000000145. The number of rotatable bonds is 12. The first kappa shape index (κ1) is 62.3. The van der Waals surface area contributed by atoms with Gasteiger partial charge < -0.3 is 0 Å². The van der Waals surface area contributed by atoms with Crippen LogP contribution in [0.1, 0.15) is 0 Å². The van der Waals surface area contributed by atoms with Gasteiger partial charge in [0, 0.05) is 76.8 Å². The second-order valence-corrected chi connectivity index (χ2v) is 25.9. The number of fused-ring (bicyclic) bond motifs is 10. The summed E-state index contributed by atoms with van der Waals surface area (Å²) in [5.74, 6) is 2.59. The van der Waals surface area contributed by atoms with Gasteiger partial charge >= 0.3 is 0 Å². The molecule has 13 heteroatoms. The normalized spacial score (nSPS) is 11.4. The molecule has 0 unspecified atom stereocenters. The smallest absolute Gasteiger partial charge is 0.164 e. The van der Waals surface area contributed by atoms with Crippen molar-refractivity contribution in [1.29, 1.82) is 0 Å². The van der Waals surface area contributed by atoms with Crippen LogP contribution in [0.15, 0.2) is 358 Å². The minimum Gasteiger partial charge on any atom is -0.247 e. The van der Waals surface area contributed by atoms with Crippen molar-refractivity contribution in [2.75, 3.05) is 0 Å². The second kappa shape index (κ2) is 27.0. The molecule has 0 spiro atoms. The number of nitrogens with zero attached hydrogens (tertiary/aromatic N) is 13. The van der Waals surface area contributed by atoms with Crippen molar-refractivity contribution in [3.63, 3.8) is 0 Å². The molecule has 0 aliphatic carbocycles. The molecule has 0 saturated carbocycles. The SMILES string of the molecule is c1ccc(-c2cc(-c3ccc(-c4ccc5nc(-c6ccccc6)c6ccc7nn(-c8ccccc8)nc7c6c5c4)cc3)nc(-c3ccccc3)n2)cc1.c1ccc(-c2nc(-c3ccccc3)nc(-c3ccc(-c4ccc5nc(-c6ccccc6)c6ccc7nn(-c8ccccc8)nc7c6c5c4)cc3)n2)cc1. The van der Waals surface area contributed by atoms with Crippen LogP contribution in [-0.4, -0.2) is 64.9 Å². The van der Waals surface area contributed by atoms with Crippen molar-refractivity contribution in [2.45, 2.75) is 0 Å². The maximum Gasteiger partial charge on any atom is 0.164 e. The molecule has 0 N–H and O–H groups in total. The van der Waals surface area contributed by atoms with Crippen molar-refractivity contribution >= 4 is 65.4 Å². The third kappa shape index (κ3) is 12.0. The molecule has 0 saturated heterocycles. The first-order valence-electron chi connectivity index (χ1n) is 35.1. The summed E-state index contributed by atoms with van der Waals surface area (Å²) in [4.78, 5) is 38.6. The lowest BCUT2D eigenvalue weighted by atomic mass is 9.95. The van der Waals surface area contributed by atoms with Crippen LogP contribution in [0.25, 0.3) is 190 Å². The summed E-state index contributed by atoms with van der Waals surface area (Å²) in [6, 6.07) is 122. The number of para-hydroxylation sites is 2. The molecule has 0 bridgehead atoms. The second-order valence-electron chi connectivity index (χ2n) is 25.9. The summed E-state index contributed by atoms with van der Waals surface area (Å²) in [5, 5.41) is 26.1. The van der Waals surface area contributed by atoms with Crippen LogP contribution in [-0.2, 0) is 0 Å². The average molecular weight is 1360 g/mol. The van der Waals surface area contributed by atoms with Gasteiger partial charge in [-0.1, -0.05) is 279 Å². The van der Waals surface area contributed by atoms with Crippen molar-refractivity contribution in [3.8, 4) is 124 Å². The van der Waals surface area contributed by atoms with Crippen LogP contribution in [0.3, 0.4) is 0 Å². The van der Waals surface area contributed by atoms with E-state index in [2.05, 4.69) is 152 Å². The third-order valence-corrected chi connectivity index (χ3v) is 19.2. The molecular weight excluding hydrogens is 1300 g/mol. The zero-order valence-electron chi connectivity index (χ0n) is 56.9. The fourth-order valence-corrected chi connectivity index (χ4v) is 13.9. The molecule has 0 fully saturated rings. The van der Waals surface area contributed by atoms with Gasteiger partial charge in [0.05, 0.1) is 45.2 Å². The topological polar surface area (TPSA) is 152 Å². The van der Waals surface area contributed by atoms with Gasteiger partial charge in [0.1, 0.15) is 22.1 Å². The average Bonchev–Trinajstić information content (AvgIpc) is 1.38. The summed E-state index contributed by atoms with van der Waals surface area (Å²) < 4.78 is 0. The molecule has 0 aliphatic rings. The summed E-state index contributed by atoms with van der Waals surface area (Å²) in [6.45, 7) is 0. The molecule has 20 rings (SSSR count). The van der Waals surface area contributed by atoms with Gasteiger partial charge in [0.2, 0.25) is 0 Å². The van der Waals surface area contributed by atoms with E-state index in [1.807, 2.05) is 206 Å². The van der Waals surface area contributed by atoms with Crippen LogP contribution < -0.4 is 0 Å². The Morgan fingerprint density at radius 2 is 0.462 bits per heavy atom. The molecule has 0 amide bonds. The molecule has 0 aliphatic heterocycles. The van der Waals surface area contributed by atoms with E-state index in [0.717, 1.165) is 166 Å². The monoisotopic (exact) mass is 1360 g/mol. The van der Waals surface area contributed by atoms with E-state index in [1.54, 1.807) is 9.59 Å². The highest BCUT2D eigenvalue weighted by Gasteiger charge is 2.22. The number of hydrogen-bond acceptors (Lipinski definition) is 11. The van der Waals surface area contributed by atoms with Crippen LogP contribution in [0, 0.1) is 0 Å². The first-order valence-corrected chi connectivity index (χ1v) is 35.1. The van der Waals surface area contributed by atoms with Gasteiger partial charge in [-0.3, -0.25) is 0 Å². The Morgan fingerprint density at radius 3 is 0.840 bits per heavy atom. The van der Waals surface area contributed by atoms with E-state index in [9.17, 15) is 0 Å². The maximum absolute atomic E-state index is 5.23. The molecule has 6 aromatic heterocycles. The molecule has 0 atom stereocenters. The van der Waals surface area contributed by atoms with Crippen molar-refractivity contribution in [3.05, 3.63) is 358 Å². The number of aromatic nitrogens is 13. The maximum atomic E-state index is 5.23. The van der Waals surface area contributed by atoms with E-state index in [-0.39, 0.29) is 0 Å². The fourth-order valence-electron chi connectivity index (χ4n) is 13.9. The first-order chi connectivity index (χ1) is 52.5. The van der Waals surface area contributed by atoms with Gasteiger partial charge in [-0.2, -0.15) is 9.59 Å². The molecule has 14 aromatic carbocycles. The predicted molar refractivity (Wildman–Crippen MR) is 427 cm³/mol.